The highest BCUT2D eigenvalue weighted by Gasteiger charge is 2.27. The third kappa shape index (κ3) is 2.63. The zero-order valence-electron chi connectivity index (χ0n) is 11.8. The predicted molar refractivity (Wildman–Crippen MR) is 78.7 cm³/mol. The molecule has 2 aliphatic heterocycles. The molecule has 1 aromatic carbocycles. The monoisotopic (exact) mass is 260 g/mol. The van der Waals surface area contributed by atoms with Crippen molar-refractivity contribution >= 4 is 5.69 Å². The van der Waals surface area contributed by atoms with Crippen molar-refractivity contribution < 1.29 is 4.74 Å². The number of hydrogen-bond donors (Lipinski definition) is 1. The van der Waals surface area contributed by atoms with E-state index >= 15 is 0 Å². The molecule has 0 saturated carbocycles. The average Bonchev–Trinajstić information content (AvgIpc) is 2.67. The lowest BCUT2D eigenvalue weighted by Crippen LogP contribution is -2.41. The summed E-state index contributed by atoms with van der Waals surface area (Å²) in [6, 6.07) is 9.92. The number of nitrogens with one attached hydrogen (secondary N) is 1. The minimum Gasteiger partial charge on any atom is -0.379 e. The molecule has 104 valence electrons. The van der Waals surface area contributed by atoms with Gasteiger partial charge in [-0.25, -0.2) is 0 Å². The second kappa shape index (κ2) is 5.93. The summed E-state index contributed by atoms with van der Waals surface area (Å²) in [6.45, 7) is 2.98. The lowest BCUT2D eigenvalue weighted by atomic mass is 10.0. The molecule has 0 bridgehead atoms. The van der Waals surface area contributed by atoms with E-state index in [0.717, 1.165) is 19.8 Å². The van der Waals surface area contributed by atoms with Crippen LogP contribution >= 0.6 is 0 Å². The fourth-order valence-electron chi connectivity index (χ4n) is 3.43. The van der Waals surface area contributed by atoms with Crippen LogP contribution in [0.5, 0.6) is 0 Å². The maximum atomic E-state index is 5.69. The molecular formula is C16H24N2O. The minimum absolute atomic E-state index is 0.491. The van der Waals surface area contributed by atoms with E-state index in [1.807, 2.05) is 0 Å². The van der Waals surface area contributed by atoms with Gasteiger partial charge in [-0.05, 0) is 44.4 Å². The van der Waals surface area contributed by atoms with E-state index in [1.54, 1.807) is 0 Å². The van der Waals surface area contributed by atoms with Crippen molar-refractivity contribution in [3.63, 3.8) is 0 Å². The lowest BCUT2D eigenvalue weighted by molar-refractivity contribution is 0.0792. The zero-order valence-corrected chi connectivity index (χ0v) is 11.8. The van der Waals surface area contributed by atoms with Gasteiger partial charge in [-0.2, -0.15) is 0 Å². The largest absolute Gasteiger partial charge is 0.379 e. The first-order chi connectivity index (χ1) is 9.40. The Morgan fingerprint density at radius 3 is 2.89 bits per heavy atom. The molecule has 2 aliphatic rings. The molecule has 3 nitrogen and oxygen atoms in total. The Morgan fingerprint density at radius 1 is 1.21 bits per heavy atom. The maximum Gasteiger partial charge on any atom is 0.0669 e. The van der Waals surface area contributed by atoms with Crippen LogP contribution in [-0.4, -0.2) is 32.8 Å². The molecule has 3 heteroatoms. The smallest absolute Gasteiger partial charge is 0.0669 e. The number of para-hydroxylation sites is 1. The molecular weight excluding hydrogens is 236 g/mol. The number of rotatable bonds is 2. The number of benzene rings is 1. The number of anilines is 1. The Balaban J connectivity index is 1.91. The van der Waals surface area contributed by atoms with E-state index in [2.05, 4.69) is 41.5 Å². The summed E-state index contributed by atoms with van der Waals surface area (Å²) in [4.78, 5) is 2.59. The van der Waals surface area contributed by atoms with E-state index < -0.39 is 0 Å². The molecule has 1 saturated heterocycles. The van der Waals surface area contributed by atoms with E-state index in [4.69, 9.17) is 4.74 Å². The van der Waals surface area contributed by atoms with Crippen LogP contribution in [0.4, 0.5) is 5.69 Å². The molecule has 3 rings (SSSR count). The van der Waals surface area contributed by atoms with Gasteiger partial charge >= 0.3 is 0 Å². The van der Waals surface area contributed by atoms with Crippen molar-refractivity contribution in [3.05, 3.63) is 29.8 Å². The molecule has 2 heterocycles. The predicted octanol–water partition coefficient (Wildman–Crippen LogP) is 2.73. The molecule has 1 aromatic rings. The molecule has 19 heavy (non-hydrogen) atoms. The highest BCUT2D eigenvalue weighted by molar-refractivity contribution is 5.56. The van der Waals surface area contributed by atoms with Crippen LogP contribution in [0.3, 0.4) is 0 Å². The Hall–Kier alpha value is -1.06. The number of fused-ring (bicyclic) bond motifs is 1. The Bertz CT molecular complexity index is 415. The summed E-state index contributed by atoms with van der Waals surface area (Å²) in [5.74, 6) is 0. The summed E-state index contributed by atoms with van der Waals surface area (Å²) in [7, 11) is 2.07. The van der Waals surface area contributed by atoms with Crippen molar-refractivity contribution in [1.82, 2.24) is 5.32 Å². The van der Waals surface area contributed by atoms with Crippen LogP contribution < -0.4 is 10.2 Å². The topological polar surface area (TPSA) is 24.5 Å². The molecule has 0 radical (unpaired) electrons. The fraction of sp³-hybridized carbons (Fsp3) is 0.625. The van der Waals surface area contributed by atoms with Crippen molar-refractivity contribution in [2.45, 2.75) is 37.8 Å². The Labute approximate surface area is 115 Å². The van der Waals surface area contributed by atoms with Gasteiger partial charge in [0.15, 0.2) is 0 Å². The lowest BCUT2D eigenvalue weighted by Gasteiger charge is -2.36. The summed E-state index contributed by atoms with van der Waals surface area (Å²) >= 11 is 0. The van der Waals surface area contributed by atoms with Crippen LogP contribution in [0.1, 0.15) is 37.3 Å². The summed E-state index contributed by atoms with van der Waals surface area (Å²) < 4.78 is 5.69. The highest BCUT2D eigenvalue weighted by atomic mass is 16.5. The second-order valence-electron chi connectivity index (χ2n) is 5.61. The zero-order chi connectivity index (χ0) is 13.1. The van der Waals surface area contributed by atoms with Gasteiger partial charge in [0.05, 0.1) is 12.6 Å². The number of ether oxygens (including phenoxy) is 1. The molecule has 0 aliphatic carbocycles. The van der Waals surface area contributed by atoms with E-state index in [0.29, 0.717) is 12.1 Å². The third-order valence-electron chi connectivity index (χ3n) is 4.44. The van der Waals surface area contributed by atoms with Gasteiger partial charge in [0.2, 0.25) is 0 Å². The highest BCUT2D eigenvalue weighted by Crippen LogP contribution is 2.34. The van der Waals surface area contributed by atoms with Gasteiger partial charge in [-0.15, -0.1) is 0 Å². The maximum absolute atomic E-state index is 5.69. The van der Waals surface area contributed by atoms with Gasteiger partial charge in [-0.3, -0.25) is 0 Å². The van der Waals surface area contributed by atoms with Crippen molar-refractivity contribution in [3.8, 4) is 0 Å². The number of hydrogen-bond acceptors (Lipinski definition) is 3. The van der Waals surface area contributed by atoms with Crippen LogP contribution in [0.15, 0.2) is 24.3 Å². The average molecular weight is 260 g/mol. The van der Waals surface area contributed by atoms with Crippen molar-refractivity contribution in [1.29, 1.82) is 0 Å². The van der Waals surface area contributed by atoms with Crippen molar-refractivity contribution in [2.24, 2.45) is 0 Å². The normalized spacial score (nSPS) is 27.7. The first kappa shape index (κ1) is 12.9. The van der Waals surface area contributed by atoms with Gasteiger partial charge in [-0.1, -0.05) is 18.2 Å². The number of nitrogens with zero attached hydrogens (tertiary/aromatic N) is 1. The van der Waals surface area contributed by atoms with Crippen LogP contribution in [0, 0.1) is 0 Å². The van der Waals surface area contributed by atoms with Crippen LogP contribution in [0.25, 0.3) is 0 Å². The molecule has 2 atom stereocenters. The van der Waals surface area contributed by atoms with E-state index in [9.17, 15) is 0 Å². The van der Waals surface area contributed by atoms with Crippen molar-refractivity contribution in [2.75, 3.05) is 31.7 Å². The van der Waals surface area contributed by atoms with Gasteiger partial charge in [0.25, 0.3) is 0 Å². The first-order valence-electron chi connectivity index (χ1n) is 7.50. The second-order valence-corrected chi connectivity index (χ2v) is 5.61. The van der Waals surface area contributed by atoms with Gasteiger partial charge in [0, 0.05) is 24.9 Å². The molecule has 0 amide bonds. The standard InChI is InChI=1S/C16H24N2O/c1-17-15-8-4-10-18(13-6-5-11-19-12-13)16-9-3-2-7-14(15)16/h2-3,7,9,13,15,17H,4-6,8,10-12H2,1H3. The molecule has 0 aromatic heterocycles. The summed E-state index contributed by atoms with van der Waals surface area (Å²) in [5, 5.41) is 3.47. The molecule has 1 fully saturated rings. The van der Waals surface area contributed by atoms with Gasteiger partial charge < -0.3 is 15.0 Å². The Kier molecular flexibility index (Phi) is 4.04. The Morgan fingerprint density at radius 2 is 2.11 bits per heavy atom. The van der Waals surface area contributed by atoms with E-state index in [-0.39, 0.29) is 0 Å². The first-order valence-corrected chi connectivity index (χ1v) is 7.50. The third-order valence-corrected chi connectivity index (χ3v) is 4.44. The van der Waals surface area contributed by atoms with Gasteiger partial charge in [0.1, 0.15) is 0 Å². The van der Waals surface area contributed by atoms with E-state index in [1.165, 1.54) is 36.9 Å². The summed E-state index contributed by atoms with van der Waals surface area (Å²) in [5.41, 5.74) is 2.86. The van der Waals surface area contributed by atoms with Crippen LogP contribution in [-0.2, 0) is 4.74 Å². The fourth-order valence-corrected chi connectivity index (χ4v) is 3.43. The SMILES string of the molecule is CNC1CCCN(C2CCCOC2)c2ccccc21. The minimum atomic E-state index is 0.491. The molecule has 1 N–H and O–H groups in total. The van der Waals surface area contributed by atoms with Crippen LogP contribution in [0.2, 0.25) is 0 Å². The quantitative estimate of drug-likeness (QED) is 0.885. The summed E-state index contributed by atoms with van der Waals surface area (Å²) in [6.07, 6.45) is 4.92. The molecule has 2 unspecified atom stereocenters. The molecule has 0 spiro atoms.